The lowest BCUT2D eigenvalue weighted by Gasteiger charge is -2.36. The first-order valence-corrected chi connectivity index (χ1v) is 10.2. The molecule has 1 aliphatic carbocycles. The molecule has 1 saturated carbocycles. The normalized spacial score (nSPS) is 16.8. The van der Waals surface area contributed by atoms with Gasteiger partial charge in [0.05, 0.1) is 0 Å². The SMILES string of the molecule is CCc1ccccc1NC(=O)c1ccc(N2CCN(C(=O)C3CC3)CC2)cc1. The number of nitrogens with zero attached hydrogens (tertiary/aromatic N) is 2. The second kappa shape index (κ2) is 8.05. The summed E-state index contributed by atoms with van der Waals surface area (Å²) in [6.45, 7) is 5.33. The summed E-state index contributed by atoms with van der Waals surface area (Å²) in [5, 5.41) is 3.01. The molecule has 2 aromatic carbocycles. The summed E-state index contributed by atoms with van der Waals surface area (Å²) >= 11 is 0. The molecule has 2 aliphatic rings. The molecule has 2 fully saturated rings. The predicted molar refractivity (Wildman–Crippen MR) is 112 cm³/mol. The Balaban J connectivity index is 1.36. The molecule has 0 aromatic heterocycles. The lowest BCUT2D eigenvalue weighted by atomic mass is 10.1. The van der Waals surface area contributed by atoms with E-state index in [9.17, 15) is 9.59 Å². The number of para-hydroxylation sites is 1. The highest BCUT2D eigenvalue weighted by molar-refractivity contribution is 6.04. The number of rotatable bonds is 5. The average Bonchev–Trinajstić information content (AvgIpc) is 3.59. The number of carbonyl (C=O) groups is 2. The topological polar surface area (TPSA) is 52.7 Å². The van der Waals surface area contributed by atoms with E-state index in [4.69, 9.17) is 0 Å². The van der Waals surface area contributed by atoms with Gasteiger partial charge in [0.2, 0.25) is 5.91 Å². The van der Waals surface area contributed by atoms with Gasteiger partial charge in [-0.1, -0.05) is 25.1 Å². The standard InChI is InChI=1S/C23H27N3O2/c1-2-17-5-3-4-6-21(17)24-22(27)18-9-11-20(12-10-18)25-13-15-26(16-14-25)23(28)19-7-8-19/h3-6,9-12,19H,2,7-8,13-16H2,1H3,(H,24,27). The van der Waals surface area contributed by atoms with E-state index in [0.717, 1.165) is 62.4 Å². The van der Waals surface area contributed by atoms with Gasteiger partial charge in [-0.05, 0) is 55.2 Å². The zero-order valence-corrected chi connectivity index (χ0v) is 16.4. The lowest BCUT2D eigenvalue weighted by Crippen LogP contribution is -2.49. The third kappa shape index (κ3) is 4.03. The molecule has 0 radical (unpaired) electrons. The van der Waals surface area contributed by atoms with Gasteiger partial charge >= 0.3 is 0 Å². The van der Waals surface area contributed by atoms with Gasteiger partial charge < -0.3 is 15.1 Å². The zero-order valence-electron chi connectivity index (χ0n) is 16.4. The Bertz CT molecular complexity index is 850. The first kappa shape index (κ1) is 18.5. The van der Waals surface area contributed by atoms with Crippen molar-refractivity contribution in [2.24, 2.45) is 5.92 Å². The Hall–Kier alpha value is -2.82. The monoisotopic (exact) mass is 377 g/mol. The van der Waals surface area contributed by atoms with E-state index in [1.807, 2.05) is 53.4 Å². The van der Waals surface area contributed by atoms with Gasteiger partial charge in [-0.3, -0.25) is 9.59 Å². The Kier molecular flexibility index (Phi) is 5.33. The summed E-state index contributed by atoms with van der Waals surface area (Å²) in [6.07, 6.45) is 3.00. The van der Waals surface area contributed by atoms with Gasteiger partial charge in [-0.2, -0.15) is 0 Å². The number of carbonyl (C=O) groups excluding carboxylic acids is 2. The van der Waals surface area contributed by atoms with Gasteiger partial charge in [-0.15, -0.1) is 0 Å². The minimum absolute atomic E-state index is 0.0905. The van der Waals surface area contributed by atoms with Gasteiger partial charge in [0.15, 0.2) is 0 Å². The van der Waals surface area contributed by atoms with Crippen molar-refractivity contribution >= 4 is 23.2 Å². The van der Waals surface area contributed by atoms with Crippen molar-refractivity contribution in [3.8, 4) is 0 Å². The first-order chi connectivity index (χ1) is 13.7. The minimum atomic E-state index is -0.0905. The van der Waals surface area contributed by atoms with E-state index >= 15 is 0 Å². The molecule has 5 heteroatoms. The van der Waals surface area contributed by atoms with Crippen molar-refractivity contribution in [2.75, 3.05) is 36.4 Å². The Morgan fingerprint density at radius 3 is 2.29 bits per heavy atom. The van der Waals surface area contributed by atoms with Crippen LogP contribution in [0.5, 0.6) is 0 Å². The van der Waals surface area contributed by atoms with Gasteiger partial charge in [0.1, 0.15) is 0 Å². The van der Waals surface area contributed by atoms with E-state index < -0.39 is 0 Å². The minimum Gasteiger partial charge on any atom is -0.368 e. The number of hydrogen-bond donors (Lipinski definition) is 1. The summed E-state index contributed by atoms with van der Waals surface area (Å²) in [5.41, 5.74) is 3.75. The van der Waals surface area contributed by atoms with Gasteiger partial charge in [0, 0.05) is 49.0 Å². The van der Waals surface area contributed by atoms with Crippen LogP contribution < -0.4 is 10.2 Å². The Morgan fingerprint density at radius 2 is 1.64 bits per heavy atom. The van der Waals surface area contributed by atoms with E-state index in [-0.39, 0.29) is 5.91 Å². The highest BCUT2D eigenvalue weighted by atomic mass is 16.2. The smallest absolute Gasteiger partial charge is 0.255 e. The van der Waals surface area contributed by atoms with Crippen molar-refractivity contribution in [3.05, 3.63) is 59.7 Å². The van der Waals surface area contributed by atoms with E-state index in [1.165, 1.54) is 0 Å². The third-order valence-corrected chi connectivity index (χ3v) is 5.66. The van der Waals surface area contributed by atoms with Crippen molar-refractivity contribution in [2.45, 2.75) is 26.2 Å². The molecule has 1 saturated heterocycles. The maximum absolute atomic E-state index is 12.6. The van der Waals surface area contributed by atoms with Crippen LogP contribution in [0, 0.1) is 5.92 Å². The van der Waals surface area contributed by atoms with Crippen LogP contribution in [0.15, 0.2) is 48.5 Å². The molecule has 146 valence electrons. The summed E-state index contributed by atoms with van der Waals surface area (Å²) in [7, 11) is 0. The maximum Gasteiger partial charge on any atom is 0.255 e. The fourth-order valence-electron chi connectivity index (χ4n) is 3.74. The van der Waals surface area contributed by atoms with Crippen LogP contribution in [0.1, 0.15) is 35.7 Å². The summed E-state index contributed by atoms with van der Waals surface area (Å²) in [4.78, 5) is 29.1. The summed E-state index contributed by atoms with van der Waals surface area (Å²) in [5.74, 6) is 0.536. The zero-order chi connectivity index (χ0) is 19.5. The number of piperazine rings is 1. The molecular formula is C23H27N3O2. The number of anilines is 2. The molecule has 5 nitrogen and oxygen atoms in total. The van der Waals surface area contributed by atoms with Crippen LogP contribution in [0.25, 0.3) is 0 Å². The third-order valence-electron chi connectivity index (χ3n) is 5.66. The van der Waals surface area contributed by atoms with Crippen LogP contribution in [0.4, 0.5) is 11.4 Å². The molecule has 1 aliphatic heterocycles. The van der Waals surface area contributed by atoms with Crippen molar-refractivity contribution in [1.82, 2.24) is 4.90 Å². The van der Waals surface area contributed by atoms with E-state index in [2.05, 4.69) is 17.1 Å². The molecule has 1 heterocycles. The average molecular weight is 377 g/mol. The fraction of sp³-hybridized carbons (Fsp3) is 0.391. The summed E-state index contributed by atoms with van der Waals surface area (Å²) < 4.78 is 0. The molecular weight excluding hydrogens is 350 g/mol. The maximum atomic E-state index is 12.6. The largest absolute Gasteiger partial charge is 0.368 e. The molecule has 2 amide bonds. The van der Waals surface area contributed by atoms with E-state index in [0.29, 0.717) is 17.4 Å². The molecule has 0 spiro atoms. The highest BCUT2D eigenvalue weighted by Gasteiger charge is 2.34. The number of nitrogens with one attached hydrogen (secondary N) is 1. The predicted octanol–water partition coefficient (Wildman–Crippen LogP) is 3.56. The Labute approximate surface area is 166 Å². The number of hydrogen-bond acceptors (Lipinski definition) is 3. The molecule has 4 rings (SSSR count). The second-order valence-corrected chi connectivity index (χ2v) is 7.60. The first-order valence-electron chi connectivity index (χ1n) is 10.2. The van der Waals surface area contributed by atoms with Crippen LogP contribution in [0.2, 0.25) is 0 Å². The number of aryl methyl sites for hydroxylation is 1. The summed E-state index contributed by atoms with van der Waals surface area (Å²) in [6, 6.07) is 15.6. The lowest BCUT2D eigenvalue weighted by molar-refractivity contribution is -0.132. The molecule has 28 heavy (non-hydrogen) atoms. The van der Waals surface area contributed by atoms with Crippen LogP contribution in [0.3, 0.4) is 0 Å². The molecule has 0 atom stereocenters. The van der Waals surface area contributed by atoms with Gasteiger partial charge in [0.25, 0.3) is 5.91 Å². The van der Waals surface area contributed by atoms with Crippen LogP contribution in [-0.2, 0) is 11.2 Å². The molecule has 2 aromatic rings. The molecule has 0 unspecified atom stereocenters. The van der Waals surface area contributed by atoms with Crippen molar-refractivity contribution in [3.63, 3.8) is 0 Å². The number of amides is 2. The van der Waals surface area contributed by atoms with Crippen molar-refractivity contribution in [1.29, 1.82) is 0 Å². The molecule has 1 N–H and O–H groups in total. The van der Waals surface area contributed by atoms with Crippen LogP contribution in [-0.4, -0.2) is 42.9 Å². The quantitative estimate of drug-likeness (QED) is 0.867. The number of benzene rings is 2. The van der Waals surface area contributed by atoms with Crippen LogP contribution >= 0.6 is 0 Å². The molecule has 0 bridgehead atoms. The van der Waals surface area contributed by atoms with Crippen molar-refractivity contribution < 1.29 is 9.59 Å². The van der Waals surface area contributed by atoms with E-state index in [1.54, 1.807) is 0 Å². The fourth-order valence-corrected chi connectivity index (χ4v) is 3.74. The Morgan fingerprint density at radius 1 is 0.964 bits per heavy atom. The second-order valence-electron chi connectivity index (χ2n) is 7.60. The highest BCUT2D eigenvalue weighted by Crippen LogP contribution is 2.31. The van der Waals surface area contributed by atoms with Gasteiger partial charge in [-0.25, -0.2) is 0 Å².